The molecule has 1 aliphatic heterocycles. The van der Waals surface area contributed by atoms with Crippen molar-refractivity contribution < 1.29 is 27.8 Å². The zero-order chi connectivity index (χ0) is 24.2. The Bertz CT molecular complexity index is 1570. The number of aliphatic hydroxyl groups excluding tert-OH is 2. The number of nitrogens with one attached hydrogen (secondary N) is 2. The maximum absolute atomic E-state index is 13.5. The van der Waals surface area contributed by atoms with E-state index in [9.17, 15) is 27.8 Å². The molecule has 1 saturated heterocycles. The van der Waals surface area contributed by atoms with Gasteiger partial charge in [-0.3, -0.25) is 14.5 Å². The maximum atomic E-state index is 13.5. The molecule has 178 valence electrons. The van der Waals surface area contributed by atoms with Gasteiger partial charge < -0.3 is 20.7 Å². The second-order valence-electron chi connectivity index (χ2n) is 7.53. The lowest BCUT2D eigenvalue weighted by Gasteiger charge is -2.16. The Morgan fingerprint density at radius 1 is 1.24 bits per heavy atom. The van der Waals surface area contributed by atoms with Gasteiger partial charge in [0.25, 0.3) is 10.0 Å². The number of benzene rings is 1. The van der Waals surface area contributed by atoms with E-state index in [2.05, 4.69) is 29.9 Å². The number of anilines is 1. The average molecular weight is 492 g/mol. The molecule has 0 aliphatic carbocycles. The second-order valence-corrected chi connectivity index (χ2v) is 9.21. The minimum atomic E-state index is -4.49. The quantitative estimate of drug-likeness (QED) is 0.214. The third-order valence-corrected chi connectivity index (χ3v) is 6.76. The summed E-state index contributed by atoms with van der Waals surface area (Å²) in [6.45, 7) is -0.511. The fourth-order valence-corrected chi connectivity index (χ4v) is 4.75. The third kappa shape index (κ3) is 3.57. The van der Waals surface area contributed by atoms with Gasteiger partial charge in [0, 0.05) is 6.54 Å². The van der Waals surface area contributed by atoms with Crippen LogP contribution in [0.4, 0.5) is 10.2 Å². The van der Waals surface area contributed by atoms with Gasteiger partial charge in [-0.25, -0.2) is 32.5 Å². The summed E-state index contributed by atoms with van der Waals surface area (Å²) < 4.78 is 48.1. The number of nitrogen functional groups attached to an aromatic ring is 1. The highest BCUT2D eigenvalue weighted by atomic mass is 32.2. The summed E-state index contributed by atoms with van der Waals surface area (Å²) in [5.41, 5.74) is 5.40. The summed E-state index contributed by atoms with van der Waals surface area (Å²) in [7, 11) is -4.49. The molecule has 5 rings (SSSR count). The molecule has 6 N–H and O–H groups in total. The van der Waals surface area contributed by atoms with E-state index in [1.54, 1.807) is 0 Å². The molecule has 14 nitrogen and oxygen atoms in total. The molecule has 1 fully saturated rings. The van der Waals surface area contributed by atoms with Crippen molar-refractivity contribution in [1.29, 1.82) is 0 Å². The standard InChI is InChI=1S/C18H17FN8O6S/c19-7-1-2-9-8(3-7)12(28)17(26-25-9)34(31,32)24-4-10-13(29)14(30)18(33-10)27-6-23-11-15(20)21-5-22-16(11)27/h1-3,5-6,10,13-14,18,24,29-30H,4H2,(H,25,28)(H2,20,21,22)/t10-,13-,14-,18-/m1/s1. The number of fused-ring (bicyclic) bond motifs is 2. The van der Waals surface area contributed by atoms with Crippen molar-refractivity contribution in [1.82, 2.24) is 34.4 Å². The van der Waals surface area contributed by atoms with Crippen LogP contribution in [0.3, 0.4) is 0 Å². The highest BCUT2D eigenvalue weighted by molar-refractivity contribution is 7.89. The fraction of sp³-hybridized carbons (Fsp3) is 0.278. The maximum Gasteiger partial charge on any atom is 0.263 e. The number of imidazole rings is 1. The van der Waals surface area contributed by atoms with Crippen LogP contribution in [0.2, 0.25) is 0 Å². The van der Waals surface area contributed by atoms with Crippen molar-refractivity contribution in [3.63, 3.8) is 0 Å². The number of halogens is 1. The molecular formula is C18H17FN8O6S. The smallest absolute Gasteiger partial charge is 0.263 e. The van der Waals surface area contributed by atoms with Gasteiger partial charge in [0.1, 0.15) is 36.0 Å². The van der Waals surface area contributed by atoms with Gasteiger partial charge in [0.15, 0.2) is 17.7 Å². The predicted molar refractivity (Wildman–Crippen MR) is 113 cm³/mol. The highest BCUT2D eigenvalue weighted by Crippen LogP contribution is 2.31. The first-order valence-electron chi connectivity index (χ1n) is 9.79. The number of aromatic amines is 1. The zero-order valence-corrected chi connectivity index (χ0v) is 17.8. The van der Waals surface area contributed by atoms with Crippen LogP contribution in [0, 0.1) is 5.82 Å². The van der Waals surface area contributed by atoms with E-state index in [4.69, 9.17) is 10.5 Å². The number of sulfonamides is 1. The molecule has 0 radical (unpaired) electrons. The lowest BCUT2D eigenvalue weighted by Crippen LogP contribution is -2.41. The van der Waals surface area contributed by atoms with Crippen LogP contribution in [0.1, 0.15) is 6.23 Å². The number of hydrogen-bond acceptors (Lipinski definition) is 11. The molecule has 0 amide bonds. The average Bonchev–Trinajstić information content (AvgIpc) is 3.35. The number of nitrogens with two attached hydrogens (primary N) is 1. The lowest BCUT2D eigenvalue weighted by molar-refractivity contribution is -0.0330. The largest absolute Gasteiger partial charge is 0.387 e. The van der Waals surface area contributed by atoms with E-state index in [-0.39, 0.29) is 27.9 Å². The van der Waals surface area contributed by atoms with Gasteiger partial charge in [-0.1, -0.05) is 0 Å². The normalized spacial score (nSPS) is 23.1. The summed E-state index contributed by atoms with van der Waals surface area (Å²) in [5.74, 6) is -0.615. The third-order valence-electron chi connectivity index (χ3n) is 5.43. The fourth-order valence-electron chi connectivity index (χ4n) is 3.71. The van der Waals surface area contributed by atoms with Crippen molar-refractivity contribution in [2.45, 2.75) is 29.6 Å². The van der Waals surface area contributed by atoms with Crippen LogP contribution in [-0.2, 0) is 14.8 Å². The molecule has 4 heterocycles. The second kappa shape index (κ2) is 8.03. The lowest BCUT2D eigenvalue weighted by atomic mass is 10.1. The van der Waals surface area contributed by atoms with Crippen LogP contribution >= 0.6 is 0 Å². The number of nitrogens with zero attached hydrogens (tertiary/aromatic N) is 5. The van der Waals surface area contributed by atoms with Gasteiger partial charge in [0.05, 0.1) is 17.2 Å². The first-order valence-corrected chi connectivity index (χ1v) is 11.3. The van der Waals surface area contributed by atoms with Crippen molar-refractivity contribution in [3.05, 3.63) is 46.9 Å². The van der Waals surface area contributed by atoms with Crippen LogP contribution in [0.5, 0.6) is 0 Å². The Morgan fingerprint density at radius 3 is 2.82 bits per heavy atom. The van der Waals surface area contributed by atoms with Crippen molar-refractivity contribution in [2.75, 3.05) is 12.3 Å². The van der Waals surface area contributed by atoms with Gasteiger partial charge >= 0.3 is 0 Å². The van der Waals surface area contributed by atoms with Crippen LogP contribution < -0.4 is 15.9 Å². The minimum absolute atomic E-state index is 0.106. The summed E-state index contributed by atoms with van der Waals surface area (Å²) in [5, 5.41) is 25.8. The Labute approximate surface area is 189 Å². The number of H-pyrrole nitrogens is 1. The van der Waals surface area contributed by atoms with Crippen molar-refractivity contribution in [3.8, 4) is 0 Å². The molecule has 0 unspecified atom stereocenters. The molecule has 0 spiro atoms. The minimum Gasteiger partial charge on any atom is -0.387 e. The summed E-state index contributed by atoms with van der Waals surface area (Å²) >= 11 is 0. The molecule has 3 aromatic heterocycles. The first kappa shape index (κ1) is 22.2. The molecule has 1 aromatic carbocycles. The van der Waals surface area contributed by atoms with E-state index < -0.39 is 57.4 Å². The topological polar surface area (TPSA) is 211 Å². The molecule has 34 heavy (non-hydrogen) atoms. The molecule has 16 heteroatoms. The monoisotopic (exact) mass is 492 g/mol. The molecule has 4 aromatic rings. The number of aliphatic hydroxyl groups is 2. The van der Waals surface area contributed by atoms with Crippen molar-refractivity contribution in [2.24, 2.45) is 0 Å². The Hall–Kier alpha value is -3.57. The SMILES string of the molecule is Nc1ncnc2c1ncn2[C@@H]1O[C@H](CNS(=O)(=O)c2n[nH]c3ccc(F)cc3c2=O)[C@@H](O)[C@H]1O. The predicted octanol–water partition coefficient (Wildman–Crippen LogP) is -1.62. The van der Waals surface area contributed by atoms with Gasteiger partial charge in [-0.2, -0.15) is 5.10 Å². The van der Waals surface area contributed by atoms with Crippen LogP contribution in [0.15, 0.2) is 40.7 Å². The molecule has 0 saturated carbocycles. The van der Waals surface area contributed by atoms with E-state index >= 15 is 0 Å². The highest BCUT2D eigenvalue weighted by Gasteiger charge is 2.44. The Balaban J connectivity index is 1.38. The summed E-state index contributed by atoms with van der Waals surface area (Å²) in [6, 6.07) is 3.24. The molecular weight excluding hydrogens is 475 g/mol. The number of rotatable bonds is 5. The van der Waals surface area contributed by atoms with Crippen LogP contribution in [-0.4, -0.2) is 73.2 Å². The van der Waals surface area contributed by atoms with E-state index in [1.807, 2.05) is 0 Å². The van der Waals surface area contributed by atoms with Gasteiger partial charge in [-0.15, -0.1) is 0 Å². The molecule has 1 aliphatic rings. The number of aromatic nitrogens is 6. The molecule has 4 atom stereocenters. The Kier molecular flexibility index (Phi) is 5.25. The van der Waals surface area contributed by atoms with Gasteiger partial charge in [0.2, 0.25) is 10.5 Å². The van der Waals surface area contributed by atoms with E-state index in [1.165, 1.54) is 23.3 Å². The summed E-state index contributed by atoms with van der Waals surface area (Å²) in [4.78, 5) is 24.5. The number of ether oxygens (including phenoxy) is 1. The van der Waals surface area contributed by atoms with E-state index in [0.717, 1.165) is 12.1 Å². The Morgan fingerprint density at radius 2 is 2.03 bits per heavy atom. The number of hydrogen-bond donors (Lipinski definition) is 5. The van der Waals surface area contributed by atoms with Crippen LogP contribution in [0.25, 0.3) is 22.1 Å². The zero-order valence-electron chi connectivity index (χ0n) is 17.0. The van der Waals surface area contributed by atoms with Gasteiger partial charge in [-0.05, 0) is 18.2 Å². The van der Waals surface area contributed by atoms with E-state index in [0.29, 0.717) is 0 Å². The van der Waals surface area contributed by atoms with Crippen molar-refractivity contribution >= 4 is 37.9 Å². The summed E-state index contributed by atoms with van der Waals surface area (Å²) in [6.07, 6.45) is -2.84. The first-order chi connectivity index (χ1) is 16.2. The molecule has 0 bridgehead atoms.